The lowest BCUT2D eigenvalue weighted by Crippen LogP contribution is -2.76. The van der Waals surface area contributed by atoms with Gasteiger partial charge in [0.1, 0.15) is 17.4 Å². The maximum atomic E-state index is 13.8. The molecule has 5 rings (SSSR count). The van der Waals surface area contributed by atoms with Gasteiger partial charge in [-0.3, -0.25) is 4.79 Å². The first-order valence-electron chi connectivity index (χ1n) is 7.78. The number of carbonyl (C=O) groups is 1. The Morgan fingerprint density at radius 2 is 2.22 bits per heavy atom. The van der Waals surface area contributed by atoms with Crippen molar-refractivity contribution < 1.29 is 9.18 Å². The van der Waals surface area contributed by atoms with Gasteiger partial charge in [-0.2, -0.15) is 5.26 Å². The zero-order valence-electron chi connectivity index (χ0n) is 13.1. The summed E-state index contributed by atoms with van der Waals surface area (Å²) in [7, 11) is 1.75. The molecule has 118 valence electrons. The first kappa shape index (κ1) is 14.2. The number of halogens is 1. The van der Waals surface area contributed by atoms with Crippen LogP contribution < -0.4 is 0 Å². The van der Waals surface area contributed by atoms with Gasteiger partial charge in [-0.05, 0) is 19.1 Å². The minimum absolute atomic E-state index is 0.117. The molecule has 0 saturated heterocycles. The van der Waals surface area contributed by atoms with Gasteiger partial charge in [0.05, 0.1) is 11.1 Å². The monoisotopic (exact) mass is 312 g/mol. The molecule has 1 amide bonds. The Kier molecular flexibility index (Phi) is 2.66. The molecular weight excluding hydrogens is 295 g/mol. The second-order valence-electron chi connectivity index (χ2n) is 6.75. The molecule has 3 aliphatic carbocycles. The Bertz CT molecular complexity index is 859. The van der Waals surface area contributed by atoms with Crippen LogP contribution in [0.2, 0.25) is 0 Å². The van der Waals surface area contributed by atoms with Gasteiger partial charge in [-0.1, -0.05) is 0 Å². The Labute approximate surface area is 133 Å². The van der Waals surface area contributed by atoms with Crippen molar-refractivity contribution in [2.75, 3.05) is 7.05 Å². The van der Waals surface area contributed by atoms with Crippen LogP contribution in [0.5, 0.6) is 0 Å². The van der Waals surface area contributed by atoms with Gasteiger partial charge in [0.2, 0.25) is 0 Å². The molecule has 3 saturated carbocycles. The Morgan fingerprint density at radius 3 is 2.78 bits per heavy atom. The first-order chi connectivity index (χ1) is 10.9. The number of nitriles is 1. The molecule has 2 aromatic rings. The van der Waals surface area contributed by atoms with Crippen LogP contribution in [0.15, 0.2) is 18.3 Å². The van der Waals surface area contributed by atoms with E-state index in [1.54, 1.807) is 30.3 Å². The highest BCUT2D eigenvalue weighted by Gasteiger charge is 2.71. The summed E-state index contributed by atoms with van der Waals surface area (Å²) in [5, 5.41) is 10.1. The molecule has 0 radical (unpaired) electrons. The lowest BCUT2D eigenvalue weighted by Gasteiger charge is -2.68. The quantitative estimate of drug-likeness (QED) is 0.875. The van der Waals surface area contributed by atoms with E-state index in [9.17, 15) is 14.4 Å². The number of aryl methyl sites for hydroxylation is 1. The molecular formula is C17H17FN4O. The number of carbonyl (C=O) groups excluding carboxylic acids is 1. The lowest BCUT2D eigenvalue weighted by molar-refractivity contribution is -0.207. The van der Waals surface area contributed by atoms with Crippen LogP contribution in [0.4, 0.5) is 4.39 Å². The van der Waals surface area contributed by atoms with Crippen molar-refractivity contribution in [2.24, 2.45) is 0 Å². The van der Waals surface area contributed by atoms with Crippen LogP contribution >= 0.6 is 0 Å². The second-order valence-corrected chi connectivity index (χ2v) is 6.75. The van der Waals surface area contributed by atoms with E-state index in [0.29, 0.717) is 42.7 Å². The molecule has 3 fully saturated rings. The van der Waals surface area contributed by atoms with Crippen molar-refractivity contribution in [2.45, 2.75) is 43.9 Å². The van der Waals surface area contributed by atoms with E-state index < -0.39 is 5.67 Å². The Hall–Kier alpha value is -2.42. The number of hydrogen-bond donors (Lipinski definition) is 0. The number of pyridine rings is 1. The summed E-state index contributed by atoms with van der Waals surface area (Å²) in [4.78, 5) is 18.7. The van der Waals surface area contributed by atoms with Crippen LogP contribution in [0.3, 0.4) is 0 Å². The first-order valence-corrected chi connectivity index (χ1v) is 7.78. The summed E-state index contributed by atoms with van der Waals surface area (Å²) in [6.45, 7) is 2.50. The fourth-order valence-electron chi connectivity index (χ4n) is 4.16. The SMILES string of the molecule is CCn1c(C(=O)N(C)C23CC(F)(C2)C3)cc2ccnc(C#N)c21. The summed E-state index contributed by atoms with van der Waals surface area (Å²) in [5.74, 6) is -0.117. The molecule has 23 heavy (non-hydrogen) atoms. The Balaban J connectivity index is 1.77. The molecule has 5 nitrogen and oxygen atoms in total. The molecule has 2 aromatic heterocycles. The van der Waals surface area contributed by atoms with Crippen LogP contribution in [0, 0.1) is 11.3 Å². The highest BCUT2D eigenvalue weighted by Crippen LogP contribution is 2.65. The van der Waals surface area contributed by atoms with Crippen LogP contribution in [0.25, 0.3) is 10.9 Å². The van der Waals surface area contributed by atoms with Crippen molar-refractivity contribution in [1.82, 2.24) is 14.5 Å². The average Bonchev–Trinajstić information content (AvgIpc) is 2.87. The standard InChI is InChI=1S/C17H17FN4O/c1-3-22-13(6-11-4-5-20-12(7-19)14(11)22)15(23)21(2)17-8-16(18,9-17)10-17/h4-6H,3,8-10H2,1-2H3. The zero-order valence-corrected chi connectivity index (χ0v) is 13.1. The number of hydrogen-bond acceptors (Lipinski definition) is 3. The molecule has 0 aliphatic heterocycles. The van der Waals surface area contributed by atoms with E-state index in [2.05, 4.69) is 11.1 Å². The predicted molar refractivity (Wildman–Crippen MR) is 82.6 cm³/mol. The highest BCUT2D eigenvalue weighted by atomic mass is 19.1. The van der Waals surface area contributed by atoms with Crippen LogP contribution in [-0.4, -0.2) is 38.6 Å². The molecule has 3 aliphatic rings. The number of nitrogens with zero attached hydrogens (tertiary/aromatic N) is 4. The van der Waals surface area contributed by atoms with E-state index in [0.717, 1.165) is 5.39 Å². The fourth-order valence-corrected chi connectivity index (χ4v) is 4.16. The third-order valence-corrected chi connectivity index (χ3v) is 5.40. The second kappa shape index (κ2) is 4.31. The van der Waals surface area contributed by atoms with Crippen molar-refractivity contribution in [1.29, 1.82) is 5.26 Å². The largest absolute Gasteiger partial charge is 0.334 e. The van der Waals surface area contributed by atoms with E-state index in [-0.39, 0.29) is 11.4 Å². The number of amides is 1. The zero-order chi connectivity index (χ0) is 16.4. The van der Waals surface area contributed by atoms with Crippen molar-refractivity contribution in [3.63, 3.8) is 0 Å². The minimum Gasteiger partial charge on any atom is -0.334 e. The maximum Gasteiger partial charge on any atom is 0.270 e. The number of rotatable bonds is 3. The smallest absolute Gasteiger partial charge is 0.270 e. The van der Waals surface area contributed by atoms with Gasteiger partial charge in [-0.25, -0.2) is 9.37 Å². The third-order valence-electron chi connectivity index (χ3n) is 5.40. The molecule has 0 N–H and O–H groups in total. The summed E-state index contributed by atoms with van der Waals surface area (Å²) in [6, 6.07) is 5.69. The maximum absolute atomic E-state index is 13.8. The molecule has 2 heterocycles. The van der Waals surface area contributed by atoms with E-state index in [1.165, 1.54) is 0 Å². The molecule has 6 heteroatoms. The van der Waals surface area contributed by atoms with Crippen molar-refractivity contribution >= 4 is 16.8 Å². The van der Waals surface area contributed by atoms with Crippen LogP contribution in [-0.2, 0) is 6.54 Å². The molecule has 0 aromatic carbocycles. The number of aromatic nitrogens is 2. The van der Waals surface area contributed by atoms with Gasteiger partial charge in [0.25, 0.3) is 5.91 Å². The van der Waals surface area contributed by atoms with E-state index in [4.69, 9.17) is 0 Å². The minimum atomic E-state index is -1.04. The molecule has 0 spiro atoms. The summed E-state index contributed by atoms with van der Waals surface area (Å²) in [5.41, 5.74) is 0.196. The van der Waals surface area contributed by atoms with Gasteiger partial charge in [0, 0.05) is 44.4 Å². The van der Waals surface area contributed by atoms with Gasteiger partial charge < -0.3 is 9.47 Å². The summed E-state index contributed by atoms with van der Waals surface area (Å²) in [6.07, 6.45) is 2.91. The topological polar surface area (TPSA) is 61.9 Å². The highest BCUT2D eigenvalue weighted by molar-refractivity contribution is 6.00. The molecule has 2 bridgehead atoms. The van der Waals surface area contributed by atoms with Gasteiger partial charge >= 0.3 is 0 Å². The van der Waals surface area contributed by atoms with Gasteiger partial charge in [-0.15, -0.1) is 0 Å². The normalized spacial score (nSPS) is 27.9. The summed E-state index contributed by atoms with van der Waals surface area (Å²) < 4.78 is 15.6. The number of alkyl halides is 1. The fraction of sp³-hybridized carbons (Fsp3) is 0.471. The third kappa shape index (κ3) is 1.70. The number of fused-ring (bicyclic) bond motifs is 1. The van der Waals surface area contributed by atoms with E-state index in [1.807, 2.05) is 11.5 Å². The predicted octanol–water partition coefficient (Wildman–Crippen LogP) is 2.64. The Morgan fingerprint density at radius 1 is 1.52 bits per heavy atom. The van der Waals surface area contributed by atoms with Crippen LogP contribution in [0.1, 0.15) is 42.4 Å². The van der Waals surface area contributed by atoms with Crippen molar-refractivity contribution in [3.8, 4) is 6.07 Å². The van der Waals surface area contributed by atoms with E-state index >= 15 is 0 Å². The van der Waals surface area contributed by atoms with Crippen molar-refractivity contribution in [3.05, 3.63) is 29.7 Å². The molecule has 0 atom stereocenters. The molecule has 0 unspecified atom stereocenters. The van der Waals surface area contributed by atoms with Gasteiger partial charge in [0.15, 0.2) is 5.69 Å². The summed E-state index contributed by atoms with van der Waals surface area (Å²) >= 11 is 0. The average molecular weight is 312 g/mol. The lowest BCUT2D eigenvalue weighted by atomic mass is 9.47.